The highest BCUT2D eigenvalue weighted by Crippen LogP contribution is 2.36. The van der Waals surface area contributed by atoms with Crippen LogP contribution in [-0.2, 0) is 0 Å². The fourth-order valence-electron chi connectivity index (χ4n) is 3.63. The van der Waals surface area contributed by atoms with Gasteiger partial charge in [0.1, 0.15) is 23.2 Å². The Balaban J connectivity index is 1.67. The summed E-state index contributed by atoms with van der Waals surface area (Å²) >= 11 is 0. The quantitative estimate of drug-likeness (QED) is 0.614. The number of benzene rings is 1. The number of aliphatic hydroxyl groups excluding tert-OH is 1. The zero-order chi connectivity index (χ0) is 22.3. The van der Waals surface area contributed by atoms with Crippen LogP contribution >= 0.6 is 0 Å². The molecular formula is C20H19F4N5O2. The number of nitrogens with one attached hydrogen (secondary N) is 1. The average molecular weight is 437 g/mol. The molecule has 164 valence electrons. The van der Waals surface area contributed by atoms with E-state index < -0.39 is 30.0 Å². The minimum Gasteiger partial charge on any atom is -0.391 e. The minimum absolute atomic E-state index is 0.0729. The van der Waals surface area contributed by atoms with E-state index in [9.17, 15) is 27.5 Å². The van der Waals surface area contributed by atoms with Crippen LogP contribution in [0.25, 0.3) is 5.65 Å². The Morgan fingerprint density at radius 1 is 1.32 bits per heavy atom. The number of aromatic nitrogens is 3. The zero-order valence-corrected chi connectivity index (χ0v) is 16.3. The van der Waals surface area contributed by atoms with E-state index >= 15 is 0 Å². The van der Waals surface area contributed by atoms with Gasteiger partial charge in [-0.1, -0.05) is 12.1 Å². The molecule has 4 rings (SSSR count). The summed E-state index contributed by atoms with van der Waals surface area (Å²) in [6, 6.07) is 5.24. The molecule has 0 spiro atoms. The number of hydrogen-bond donors (Lipinski definition) is 2. The van der Waals surface area contributed by atoms with Gasteiger partial charge in [-0.25, -0.2) is 13.9 Å². The topological polar surface area (TPSA) is 82.8 Å². The molecule has 2 N–H and O–H groups in total. The summed E-state index contributed by atoms with van der Waals surface area (Å²) in [5.74, 6) is -0.972. The number of rotatable bonds is 4. The number of nitrogens with zero attached hydrogens (tertiary/aromatic N) is 4. The second-order valence-electron chi connectivity index (χ2n) is 7.46. The number of aliphatic hydroxyl groups is 1. The monoisotopic (exact) mass is 437 g/mol. The van der Waals surface area contributed by atoms with Crippen molar-refractivity contribution < 1.29 is 27.5 Å². The maximum atomic E-state index is 13.7. The first-order chi connectivity index (χ1) is 14.6. The summed E-state index contributed by atoms with van der Waals surface area (Å²) in [6.07, 6.45) is -2.23. The van der Waals surface area contributed by atoms with Crippen LogP contribution in [0.4, 0.5) is 23.4 Å². The summed E-state index contributed by atoms with van der Waals surface area (Å²) < 4.78 is 53.4. The first-order valence-corrected chi connectivity index (χ1v) is 9.55. The molecule has 1 unspecified atom stereocenters. The second-order valence-corrected chi connectivity index (χ2v) is 7.46. The summed E-state index contributed by atoms with van der Waals surface area (Å²) in [4.78, 5) is 18.6. The Morgan fingerprint density at radius 3 is 2.81 bits per heavy atom. The molecule has 1 aliphatic heterocycles. The van der Waals surface area contributed by atoms with Gasteiger partial charge in [0.15, 0.2) is 5.65 Å². The summed E-state index contributed by atoms with van der Waals surface area (Å²) in [6.45, 7) is 1.07. The number of amides is 1. The van der Waals surface area contributed by atoms with Gasteiger partial charge in [0.05, 0.1) is 18.3 Å². The van der Waals surface area contributed by atoms with Crippen LogP contribution < -0.4 is 10.2 Å². The van der Waals surface area contributed by atoms with Crippen molar-refractivity contribution in [3.63, 3.8) is 0 Å². The standard InChI is InChI=1S/C20H19F4N5O2/c1-11(20(22,23)24)26-19(31)15-9-25-29-6-5-17(27-18(15)29)28-10-14(30)8-16(28)12-3-2-4-13(21)7-12/h2-7,9,11,14,16,30H,8,10H2,1H3,(H,26,31)/t11?,14-,16+/m0/s1. The lowest BCUT2D eigenvalue weighted by molar-refractivity contribution is -0.149. The molecule has 3 atom stereocenters. The van der Waals surface area contributed by atoms with Gasteiger partial charge < -0.3 is 15.3 Å². The van der Waals surface area contributed by atoms with E-state index in [1.807, 2.05) is 5.32 Å². The van der Waals surface area contributed by atoms with Crippen LogP contribution in [0.1, 0.15) is 35.3 Å². The van der Waals surface area contributed by atoms with Gasteiger partial charge in [-0.3, -0.25) is 4.79 Å². The van der Waals surface area contributed by atoms with Crippen LogP contribution in [0.3, 0.4) is 0 Å². The Bertz CT molecular complexity index is 1120. The lowest BCUT2D eigenvalue weighted by atomic mass is 10.0. The third-order valence-corrected chi connectivity index (χ3v) is 5.24. The maximum Gasteiger partial charge on any atom is 0.408 e. The fraction of sp³-hybridized carbons (Fsp3) is 0.350. The van der Waals surface area contributed by atoms with Gasteiger partial charge in [-0.05, 0) is 37.1 Å². The van der Waals surface area contributed by atoms with E-state index in [1.54, 1.807) is 23.1 Å². The van der Waals surface area contributed by atoms with Crippen LogP contribution in [-0.4, -0.2) is 50.5 Å². The van der Waals surface area contributed by atoms with Gasteiger partial charge in [0.25, 0.3) is 5.91 Å². The minimum atomic E-state index is -4.58. The Labute approximate surface area is 174 Å². The summed E-state index contributed by atoms with van der Waals surface area (Å²) in [7, 11) is 0. The smallest absolute Gasteiger partial charge is 0.391 e. The normalized spacial score (nSPS) is 20.3. The lowest BCUT2D eigenvalue weighted by Gasteiger charge is -2.26. The van der Waals surface area contributed by atoms with Crippen molar-refractivity contribution in [2.45, 2.75) is 37.7 Å². The van der Waals surface area contributed by atoms with Crippen LogP contribution in [0.2, 0.25) is 0 Å². The Hall–Kier alpha value is -3.21. The molecule has 0 aliphatic carbocycles. The molecule has 1 aromatic carbocycles. The molecule has 31 heavy (non-hydrogen) atoms. The number of carbonyl (C=O) groups is 1. The van der Waals surface area contributed by atoms with E-state index in [2.05, 4.69) is 10.1 Å². The van der Waals surface area contributed by atoms with E-state index in [0.717, 1.165) is 13.1 Å². The number of hydrogen-bond acceptors (Lipinski definition) is 5. The molecule has 0 saturated carbocycles. The van der Waals surface area contributed by atoms with Crippen molar-refractivity contribution in [2.24, 2.45) is 0 Å². The third-order valence-electron chi connectivity index (χ3n) is 5.24. The highest BCUT2D eigenvalue weighted by Gasteiger charge is 2.38. The highest BCUT2D eigenvalue weighted by molar-refractivity contribution is 6.00. The second kappa shape index (κ2) is 7.80. The lowest BCUT2D eigenvalue weighted by Crippen LogP contribution is -2.43. The summed E-state index contributed by atoms with van der Waals surface area (Å²) in [5.41, 5.74) is 0.618. The molecular weight excluding hydrogens is 418 g/mol. The first kappa shape index (κ1) is 21.0. The fourth-order valence-corrected chi connectivity index (χ4v) is 3.63. The van der Waals surface area contributed by atoms with E-state index in [1.165, 1.54) is 22.8 Å². The van der Waals surface area contributed by atoms with Crippen molar-refractivity contribution in [3.05, 3.63) is 59.7 Å². The van der Waals surface area contributed by atoms with Gasteiger partial charge >= 0.3 is 6.18 Å². The van der Waals surface area contributed by atoms with Crippen LogP contribution in [0, 0.1) is 5.82 Å². The first-order valence-electron chi connectivity index (χ1n) is 9.55. The number of carbonyl (C=O) groups excluding carboxylic acids is 1. The number of fused-ring (bicyclic) bond motifs is 1. The van der Waals surface area contributed by atoms with E-state index in [4.69, 9.17) is 0 Å². The van der Waals surface area contributed by atoms with Crippen molar-refractivity contribution in [1.29, 1.82) is 0 Å². The predicted octanol–water partition coefficient (Wildman–Crippen LogP) is 2.86. The molecule has 1 aliphatic rings. The average Bonchev–Trinajstić information content (AvgIpc) is 3.30. The van der Waals surface area contributed by atoms with Gasteiger partial charge in [-0.2, -0.15) is 18.3 Å². The van der Waals surface area contributed by atoms with Crippen molar-refractivity contribution in [3.8, 4) is 0 Å². The summed E-state index contributed by atoms with van der Waals surface area (Å²) in [5, 5.41) is 16.1. The van der Waals surface area contributed by atoms with E-state index in [-0.39, 0.29) is 23.8 Å². The molecule has 3 heterocycles. The van der Waals surface area contributed by atoms with Crippen LogP contribution in [0.15, 0.2) is 42.7 Å². The van der Waals surface area contributed by atoms with E-state index in [0.29, 0.717) is 17.8 Å². The molecule has 7 nitrogen and oxygen atoms in total. The molecule has 1 amide bonds. The molecule has 2 aromatic heterocycles. The Morgan fingerprint density at radius 2 is 2.10 bits per heavy atom. The van der Waals surface area contributed by atoms with Gasteiger partial charge in [-0.15, -0.1) is 0 Å². The number of halogens is 4. The predicted molar refractivity (Wildman–Crippen MR) is 103 cm³/mol. The Kier molecular flexibility index (Phi) is 5.29. The molecule has 3 aromatic rings. The molecule has 1 fully saturated rings. The van der Waals surface area contributed by atoms with Crippen molar-refractivity contribution in [1.82, 2.24) is 19.9 Å². The number of alkyl halides is 3. The molecule has 0 radical (unpaired) electrons. The third kappa shape index (κ3) is 4.18. The maximum absolute atomic E-state index is 13.7. The SMILES string of the molecule is CC(NC(=O)c1cnn2ccc(N3C[C@@H](O)C[C@@H]3c3cccc(F)c3)nc12)C(F)(F)F. The van der Waals surface area contributed by atoms with Gasteiger partial charge in [0, 0.05) is 12.7 Å². The zero-order valence-electron chi connectivity index (χ0n) is 16.3. The largest absolute Gasteiger partial charge is 0.408 e. The molecule has 1 saturated heterocycles. The molecule has 0 bridgehead atoms. The van der Waals surface area contributed by atoms with Gasteiger partial charge in [0.2, 0.25) is 0 Å². The number of β-amino-alcohol motifs (C(OH)–C–C–N with tert-alkyl or cyclic N) is 1. The van der Waals surface area contributed by atoms with Crippen molar-refractivity contribution >= 4 is 17.4 Å². The highest BCUT2D eigenvalue weighted by atomic mass is 19.4. The van der Waals surface area contributed by atoms with Crippen molar-refractivity contribution in [2.75, 3.05) is 11.4 Å². The molecule has 11 heteroatoms. The number of anilines is 1. The van der Waals surface area contributed by atoms with Crippen LogP contribution in [0.5, 0.6) is 0 Å².